The number of aryl methyl sites for hydroxylation is 1. The van der Waals surface area contributed by atoms with Crippen LogP contribution in [0, 0.1) is 18.6 Å². The fourth-order valence-electron chi connectivity index (χ4n) is 2.28. The summed E-state index contributed by atoms with van der Waals surface area (Å²) in [5.74, 6) is -1.15. The minimum atomic E-state index is -0.535. The van der Waals surface area contributed by atoms with Crippen molar-refractivity contribution < 1.29 is 18.4 Å². The zero-order valence-corrected chi connectivity index (χ0v) is 15.6. The first-order valence-electron chi connectivity index (χ1n) is 8.23. The van der Waals surface area contributed by atoms with Crippen LogP contribution in [0.5, 0.6) is 0 Å². The molecule has 0 aliphatic heterocycles. The van der Waals surface area contributed by atoms with E-state index in [0.29, 0.717) is 27.8 Å². The van der Waals surface area contributed by atoms with E-state index in [4.69, 9.17) is 0 Å². The molecule has 0 unspecified atom stereocenters. The largest absolute Gasteiger partial charge is 0.326 e. The van der Waals surface area contributed by atoms with Gasteiger partial charge in [0.05, 0.1) is 12.1 Å². The number of hydrogen-bond donors (Lipinski definition) is 3. The highest BCUT2D eigenvalue weighted by Gasteiger charge is 2.11. The number of aromatic nitrogens is 1. The zero-order chi connectivity index (χ0) is 20.1. The van der Waals surface area contributed by atoms with Crippen LogP contribution in [0.25, 0.3) is 0 Å². The van der Waals surface area contributed by atoms with Gasteiger partial charge in [-0.2, -0.15) is 0 Å². The van der Waals surface area contributed by atoms with Crippen LogP contribution < -0.4 is 16.0 Å². The van der Waals surface area contributed by atoms with Crippen molar-refractivity contribution in [3.8, 4) is 0 Å². The Balaban J connectivity index is 1.53. The summed E-state index contributed by atoms with van der Waals surface area (Å²) < 4.78 is 26.4. The monoisotopic (exact) mass is 402 g/mol. The van der Waals surface area contributed by atoms with Gasteiger partial charge >= 0.3 is 6.03 Å². The van der Waals surface area contributed by atoms with E-state index in [9.17, 15) is 18.4 Å². The Hall–Kier alpha value is -3.33. The molecule has 3 N–H and O–H groups in total. The minimum absolute atomic E-state index is 0.0206. The Kier molecular flexibility index (Phi) is 5.95. The van der Waals surface area contributed by atoms with Crippen LogP contribution in [0.15, 0.2) is 47.8 Å². The third-order valence-electron chi connectivity index (χ3n) is 3.67. The number of nitrogens with zero attached hydrogens (tertiary/aromatic N) is 1. The molecule has 3 amide bonds. The molecule has 0 saturated heterocycles. The second-order valence-electron chi connectivity index (χ2n) is 5.92. The molecule has 0 bridgehead atoms. The minimum Gasteiger partial charge on any atom is -0.326 e. The van der Waals surface area contributed by atoms with Crippen molar-refractivity contribution in [2.24, 2.45) is 0 Å². The second kappa shape index (κ2) is 8.57. The van der Waals surface area contributed by atoms with Crippen molar-refractivity contribution in [3.05, 3.63) is 70.7 Å². The molecule has 28 heavy (non-hydrogen) atoms. The summed E-state index contributed by atoms with van der Waals surface area (Å²) in [5.41, 5.74) is 1.75. The summed E-state index contributed by atoms with van der Waals surface area (Å²) in [7, 11) is 0. The van der Waals surface area contributed by atoms with E-state index >= 15 is 0 Å². The van der Waals surface area contributed by atoms with Crippen molar-refractivity contribution in [2.75, 3.05) is 16.0 Å². The Morgan fingerprint density at radius 1 is 1.00 bits per heavy atom. The third kappa shape index (κ3) is 5.34. The molecule has 9 heteroatoms. The number of rotatable bonds is 5. The lowest BCUT2D eigenvalue weighted by Crippen LogP contribution is -2.19. The van der Waals surface area contributed by atoms with Gasteiger partial charge < -0.3 is 10.6 Å². The van der Waals surface area contributed by atoms with Gasteiger partial charge in [0, 0.05) is 16.8 Å². The van der Waals surface area contributed by atoms with Crippen LogP contribution in [-0.4, -0.2) is 16.9 Å². The predicted molar refractivity (Wildman–Crippen MR) is 105 cm³/mol. The highest BCUT2D eigenvalue weighted by molar-refractivity contribution is 7.14. The van der Waals surface area contributed by atoms with Crippen LogP contribution in [0.3, 0.4) is 0 Å². The summed E-state index contributed by atoms with van der Waals surface area (Å²) in [6.45, 7) is 1.64. The quantitative estimate of drug-likeness (QED) is 0.585. The molecule has 0 aliphatic rings. The van der Waals surface area contributed by atoms with Gasteiger partial charge in [-0.25, -0.2) is 18.6 Å². The van der Waals surface area contributed by atoms with Crippen LogP contribution in [-0.2, 0) is 11.2 Å². The highest BCUT2D eigenvalue weighted by atomic mass is 32.1. The fraction of sp³-hybridized carbons (Fsp3) is 0.105. The normalized spacial score (nSPS) is 10.4. The summed E-state index contributed by atoms with van der Waals surface area (Å²) in [5, 5.41) is 9.64. The van der Waals surface area contributed by atoms with Gasteiger partial charge in [0.25, 0.3) is 0 Å². The summed E-state index contributed by atoms with van der Waals surface area (Å²) >= 11 is 1.16. The van der Waals surface area contributed by atoms with Crippen LogP contribution in [0.1, 0.15) is 11.3 Å². The van der Waals surface area contributed by atoms with E-state index in [1.807, 2.05) is 0 Å². The van der Waals surface area contributed by atoms with Crippen LogP contribution in [0.4, 0.5) is 30.1 Å². The van der Waals surface area contributed by atoms with Gasteiger partial charge in [0.1, 0.15) is 11.6 Å². The number of nitrogens with one attached hydrogen (secondary N) is 3. The number of halogens is 2. The number of urea groups is 1. The van der Waals surface area contributed by atoms with Crippen molar-refractivity contribution >= 4 is 39.8 Å². The molecule has 1 heterocycles. The Morgan fingerprint density at radius 3 is 2.43 bits per heavy atom. The molecule has 1 aromatic heterocycles. The molecule has 3 rings (SSSR count). The molecule has 0 spiro atoms. The van der Waals surface area contributed by atoms with E-state index in [2.05, 4.69) is 20.9 Å². The molecule has 6 nitrogen and oxygen atoms in total. The number of thiazole rings is 1. The standard InChI is InChI=1S/C19H16F2N4O2S/c1-11-2-5-14(8-16(11)21)22-17(26)9-15-10-28-19(24-15)25-18(27)23-13-6-3-12(20)4-7-13/h2-8,10H,9H2,1H3,(H,22,26)(H2,23,24,25,27). The zero-order valence-electron chi connectivity index (χ0n) is 14.8. The number of anilines is 3. The smallest absolute Gasteiger partial charge is 0.325 e. The second-order valence-corrected chi connectivity index (χ2v) is 6.78. The van der Waals surface area contributed by atoms with Crippen molar-refractivity contribution in [2.45, 2.75) is 13.3 Å². The SMILES string of the molecule is Cc1ccc(NC(=O)Cc2csc(NC(=O)Nc3ccc(F)cc3)n2)cc1F. The fourth-order valence-corrected chi connectivity index (χ4v) is 2.98. The van der Waals surface area contributed by atoms with E-state index in [0.717, 1.165) is 11.3 Å². The van der Waals surface area contributed by atoms with Gasteiger partial charge in [0.15, 0.2) is 5.13 Å². The average molecular weight is 402 g/mol. The van der Waals surface area contributed by atoms with Crippen molar-refractivity contribution in [1.29, 1.82) is 0 Å². The highest BCUT2D eigenvalue weighted by Crippen LogP contribution is 2.18. The molecule has 2 aromatic carbocycles. The Bertz CT molecular complexity index is 1010. The van der Waals surface area contributed by atoms with Gasteiger partial charge in [-0.3, -0.25) is 10.1 Å². The lowest BCUT2D eigenvalue weighted by molar-refractivity contribution is -0.115. The van der Waals surface area contributed by atoms with E-state index in [1.165, 1.54) is 30.3 Å². The molecule has 0 saturated carbocycles. The molecule has 0 radical (unpaired) electrons. The number of hydrogen-bond acceptors (Lipinski definition) is 4. The Labute approximate surface area is 163 Å². The maximum atomic E-state index is 13.5. The molecule has 3 aromatic rings. The number of carbonyl (C=O) groups excluding carboxylic acids is 2. The first-order valence-corrected chi connectivity index (χ1v) is 9.11. The topological polar surface area (TPSA) is 83.1 Å². The van der Waals surface area contributed by atoms with Crippen molar-refractivity contribution in [1.82, 2.24) is 4.98 Å². The van der Waals surface area contributed by atoms with E-state index in [1.54, 1.807) is 24.4 Å². The maximum absolute atomic E-state index is 13.5. The molecule has 0 aliphatic carbocycles. The number of amides is 3. The first-order chi connectivity index (χ1) is 13.4. The average Bonchev–Trinajstić information content (AvgIpc) is 3.06. The van der Waals surface area contributed by atoms with Gasteiger partial charge in [-0.15, -0.1) is 11.3 Å². The van der Waals surface area contributed by atoms with Gasteiger partial charge in [0.2, 0.25) is 5.91 Å². The van der Waals surface area contributed by atoms with E-state index < -0.39 is 17.7 Å². The molecule has 144 valence electrons. The lowest BCUT2D eigenvalue weighted by atomic mass is 10.2. The summed E-state index contributed by atoms with van der Waals surface area (Å²) in [4.78, 5) is 28.2. The molecule has 0 atom stereocenters. The third-order valence-corrected chi connectivity index (χ3v) is 4.48. The van der Waals surface area contributed by atoms with E-state index in [-0.39, 0.29) is 12.3 Å². The summed E-state index contributed by atoms with van der Waals surface area (Å²) in [6.07, 6.45) is -0.0206. The summed E-state index contributed by atoms with van der Waals surface area (Å²) in [6, 6.07) is 9.24. The predicted octanol–water partition coefficient (Wildman–Crippen LogP) is 4.55. The van der Waals surface area contributed by atoms with Gasteiger partial charge in [-0.1, -0.05) is 6.07 Å². The first kappa shape index (κ1) is 19.4. The molecular formula is C19H16F2N4O2S. The number of benzene rings is 2. The lowest BCUT2D eigenvalue weighted by Gasteiger charge is -2.06. The van der Waals surface area contributed by atoms with Crippen LogP contribution >= 0.6 is 11.3 Å². The van der Waals surface area contributed by atoms with Crippen molar-refractivity contribution in [3.63, 3.8) is 0 Å². The molecule has 0 fully saturated rings. The van der Waals surface area contributed by atoms with Gasteiger partial charge in [-0.05, 0) is 48.9 Å². The molecular weight excluding hydrogens is 386 g/mol. The maximum Gasteiger partial charge on any atom is 0.325 e. The number of carbonyl (C=O) groups is 2. The Morgan fingerprint density at radius 2 is 1.71 bits per heavy atom. The van der Waals surface area contributed by atoms with Crippen LogP contribution in [0.2, 0.25) is 0 Å².